The molecular weight excluding hydrogens is 272 g/mol. The number of fused-ring (bicyclic) bond motifs is 1. The first-order chi connectivity index (χ1) is 9.46. The molecule has 108 valence electrons. The number of para-hydroxylation sites is 1. The summed E-state index contributed by atoms with van der Waals surface area (Å²) >= 11 is 0. The molecule has 1 aromatic heterocycles. The van der Waals surface area contributed by atoms with Crippen molar-refractivity contribution in [3.8, 4) is 0 Å². The zero-order valence-corrected chi connectivity index (χ0v) is 12.4. The fourth-order valence-electron chi connectivity index (χ4n) is 2.15. The SMILES string of the molecule is C[C@H](N)CCCS(=O)(=O)Cc1cnc2ccccc2c1. The Hall–Kier alpha value is -1.46. The van der Waals surface area contributed by atoms with E-state index in [4.69, 9.17) is 5.73 Å². The molecule has 0 aliphatic carbocycles. The largest absolute Gasteiger partial charge is 0.328 e. The van der Waals surface area contributed by atoms with Gasteiger partial charge in [0.1, 0.15) is 0 Å². The van der Waals surface area contributed by atoms with Gasteiger partial charge in [-0.2, -0.15) is 0 Å². The first-order valence-electron chi connectivity index (χ1n) is 6.76. The van der Waals surface area contributed by atoms with Gasteiger partial charge in [-0.05, 0) is 37.5 Å². The Morgan fingerprint density at radius 1 is 1.30 bits per heavy atom. The molecule has 2 rings (SSSR count). The molecule has 2 N–H and O–H groups in total. The lowest BCUT2D eigenvalue weighted by Crippen LogP contribution is -2.17. The van der Waals surface area contributed by atoms with E-state index >= 15 is 0 Å². The zero-order chi connectivity index (χ0) is 14.6. The van der Waals surface area contributed by atoms with Crippen molar-refractivity contribution in [2.75, 3.05) is 5.75 Å². The highest BCUT2D eigenvalue weighted by atomic mass is 32.2. The summed E-state index contributed by atoms with van der Waals surface area (Å²) < 4.78 is 24.1. The van der Waals surface area contributed by atoms with E-state index in [-0.39, 0.29) is 17.5 Å². The van der Waals surface area contributed by atoms with Crippen molar-refractivity contribution in [3.63, 3.8) is 0 Å². The van der Waals surface area contributed by atoms with Gasteiger partial charge in [-0.1, -0.05) is 18.2 Å². The van der Waals surface area contributed by atoms with Crippen molar-refractivity contribution in [2.45, 2.75) is 31.6 Å². The van der Waals surface area contributed by atoms with E-state index in [9.17, 15) is 8.42 Å². The van der Waals surface area contributed by atoms with E-state index in [1.54, 1.807) is 6.20 Å². The minimum Gasteiger partial charge on any atom is -0.328 e. The lowest BCUT2D eigenvalue weighted by atomic mass is 10.2. The van der Waals surface area contributed by atoms with Crippen LogP contribution in [0.1, 0.15) is 25.3 Å². The molecule has 4 nitrogen and oxygen atoms in total. The van der Waals surface area contributed by atoms with Gasteiger partial charge in [0, 0.05) is 17.6 Å². The summed E-state index contributed by atoms with van der Waals surface area (Å²) in [5.41, 5.74) is 7.25. The molecule has 0 saturated carbocycles. The van der Waals surface area contributed by atoms with Crippen molar-refractivity contribution in [1.82, 2.24) is 4.98 Å². The maximum absolute atomic E-state index is 12.0. The summed E-state index contributed by atoms with van der Waals surface area (Å²) in [4.78, 5) is 4.29. The summed E-state index contributed by atoms with van der Waals surface area (Å²) in [6.45, 7) is 1.89. The molecule has 1 heterocycles. The van der Waals surface area contributed by atoms with Gasteiger partial charge in [-0.3, -0.25) is 4.98 Å². The summed E-state index contributed by atoms with van der Waals surface area (Å²) in [6.07, 6.45) is 2.99. The highest BCUT2D eigenvalue weighted by molar-refractivity contribution is 7.90. The second-order valence-corrected chi connectivity index (χ2v) is 7.43. The van der Waals surface area contributed by atoms with Crippen LogP contribution in [0.3, 0.4) is 0 Å². The van der Waals surface area contributed by atoms with Crippen LogP contribution in [0.5, 0.6) is 0 Å². The number of rotatable bonds is 6. The molecule has 1 aromatic carbocycles. The molecule has 0 radical (unpaired) electrons. The highest BCUT2D eigenvalue weighted by Crippen LogP contribution is 2.15. The third-order valence-corrected chi connectivity index (χ3v) is 4.83. The van der Waals surface area contributed by atoms with Crippen molar-refractivity contribution in [3.05, 3.63) is 42.1 Å². The van der Waals surface area contributed by atoms with Gasteiger partial charge in [0.2, 0.25) is 0 Å². The van der Waals surface area contributed by atoms with E-state index in [1.807, 2.05) is 37.3 Å². The van der Waals surface area contributed by atoms with Gasteiger partial charge in [0.05, 0.1) is 17.0 Å². The van der Waals surface area contributed by atoms with Crippen LogP contribution >= 0.6 is 0 Å². The first kappa shape index (κ1) is 14.9. The number of pyridine rings is 1. The molecule has 0 saturated heterocycles. The van der Waals surface area contributed by atoms with E-state index < -0.39 is 9.84 Å². The Kier molecular flexibility index (Phi) is 4.73. The van der Waals surface area contributed by atoms with Crippen molar-refractivity contribution < 1.29 is 8.42 Å². The maximum atomic E-state index is 12.0. The standard InChI is InChI=1S/C15H20N2O2S/c1-12(16)5-4-8-20(18,19)11-13-9-14-6-2-3-7-15(14)17-10-13/h2-3,6-7,9-10,12H,4-5,8,11,16H2,1H3/t12-/m0/s1. The molecule has 5 heteroatoms. The van der Waals surface area contributed by atoms with E-state index in [0.29, 0.717) is 6.42 Å². The first-order valence-corrected chi connectivity index (χ1v) is 8.58. The van der Waals surface area contributed by atoms with Crippen molar-refractivity contribution >= 4 is 20.7 Å². The molecular formula is C15H20N2O2S. The molecule has 0 aliphatic rings. The number of hydrogen-bond acceptors (Lipinski definition) is 4. The topological polar surface area (TPSA) is 73.1 Å². The number of nitrogens with zero attached hydrogens (tertiary/aromatic N) is 1. The number of nitrogens with two attached hydrogens (primary N) is 1. The van der Waals surface area contributed by atoms with E-state index in [1.165, 1.54) is 0 Å². The fourth-order valence-corrected chi connectivity index (χ4v) is 3.56. The summed E-state index contributed by atoms with van der Waals surface area (Å²) in [5.74, 6) is 0.227. The predicted molar refractivity (Wildman–Crippen MR) is 82.1 cm³/mol. The van der Waals surface area contributed by atoms with Gasteiger partial charge in [-0.15, -0.1) is 0 Å². The van der Waals surface area contributed by atoms with E-state index in [2.05, 4.69) is 4.98 Å². The third kappa shape index (κ3) is 4.28. The van der Waals surface area contributed by atoms with Crippen LogP contribution in [0.15, 0.2) is 36.5 Å². The summed E-state index contributed by atoms with van der Waals surface area (Å²) in [6, 6.07) is 9.63. The molecule has 2 aromatic rings. The average Bonchev–Trinajstić information content (AvgIpc) is 2.37. The lowest BCUT2D eigenvalue weighted by Gasteiger charge is -2.07. The van der Waals surface area contributed by atoms with E-state index in [0.717, 1.165) is 22.9 Å². The monoisotopic (exact) mass is 292 g/mol. The highest BCUT2D eigenvalue weighted by Gasteiger charge is 2.13. The number of hydrogen-bond donors (Lipinski definition) is 1. The van der Waals surface area contributed by atoms with Crippen molar-refractivity contribution in [2.24, 2.45) is 5.73 Å². The summed E-state index contributed by atoms with van der Waals surface area (Å²) in [7, 11) is -3.09. The Balaban J connectivity index is 2.07. The minimum absolute atomic E-state index is 0.0454. The molecule has 0 bridgehead atoms. The van der Waals surface area contributed by atoms with Crippen LogP contribution in [0.2, 0.25) is 0 Å². The van der Waals surface area contributed by atoms with Crippen LogP contribution in [0, 0.1) is 0 Å². The predicted octanol–water partition coefficient (Wildman–Crippen LogP) is 2.28. The Morgan fingerprint density at radius 2 is 2.05 bits per heavy atom. The smallest absolute Gasteiger partial charge is 0.154 e. The molecule has 1 atom stereocenters. The fraction of sp³-hybridized carbons (Fsp3) is 0.400. The number of sulfone groups is 1. The third-order valence-electron chi connectivity index (χ3n) is 3.15. The van der Waals surface area contributed by atoms with Gasteiger partial charge in [-0.25, -0.2) is 8.42 Å². The Labute approximate surface area is 119 Å². The maximum Gasteiger partial charge on any atom is 0.154 e. The second-order valence-electron chi connectivity index (χ2n) is 5.25. The van der Waals surface area contributed by atoms with Crippen LogP contribution in [0.25, 0.3) is 10.9 Å². The minimum atomic E-state index is -3.09. The quantitative estimate of drug-likeness (QED) is 0.886. The van der Waals surface area contributed by atoms with Crippen LogP contribution < -0.4 is 5.73 Å². The van der Waals surface area contributed by atoms with Crippen LogP contribution in [0.4, 0.5) is 0 Å². The van der Waals surface area contributed by atoms with Gasteiger partial charge < -0.3 is 5.73 Å². The van der Waals surface area contributed by atoms with Gasteiger partial charge in [0.25, 0.3) is 0 Å². The zero-order valence-electron chi connectivity index (χ0n) is 11.6. The van der Waals surface area contributed by atoms with Crippen LogP contribution in [-0.2, 0) is 15.6 Å². The van der Waals surface area contributed by atoms with Gasteiger partial charge in [0.15, 0.2) is 9.84 Å². The Bertz CT molecular complexity index is 681. The van der Waals surface area contributed by atoms with Crippen molar-refractivity contribution in [1.29, 1.82) is 0 Å². The molecule has 20 heavy (non-hydrogen) atoms. The molecule has 0 aliphatic heterocycles. The average molecular weight is 292 g/mol. The molecule has 0 unspecified atom stereocenters. The molecule has 0 amide bonds. The number of aromatic nitrogens is 1. The van der Waals surface area contributed by atoms with Gasteiger partial charge >= 0.3 is 0 Å². The Morgan fingerprint density at radius 3 is 2.80 bits per heavy atom. The second kappa shape index (κ2) is 6.33. The summed E-state index contributed by atoms with van der Waals surface area (Å²) in [5, 5.41) is 0.968. The molecule has 0 spiro atoms. The lowest BCUT2D eigenvalue weighted by molar-refractivity contribution is 0.584. The molecule has 0 fully saturated rings. The van der Waals surface area contributed by atoms with Crippen LogP contribution in [-0.4, -0.2) is 25.2 Å². The number of benzene rings is 1. The normalized spacial score (nSPS) is 13.5.